The largest absolute Gasteiger partial charge is 0.350 e. The van der Waals surface area contributed by atoms with Gasteiger partial charge in [0, 0.05) is 34.6 Å². The van der Waals surface area contributed by atoms with E-state index in [1.165, 1.54) is 18.7 Å². The number of halogens is 3. The molecule has 1 saturated heterocycles. The quantitative estimate of drug-likeness (QED) is 0.394. The Morgan fingerprint density at radius 3 is 2.74 bits per heavy atom. The van der Waals surface area contributed by atoms with E-state index in [2.05, 4.69) is 21.5 Å². The fourth-order valence-electron chi connectivity index (χ4n) is 5.42. The molecule has 2 aromatic carbocycles. The number of amides is 3. The van der Waals surface area contributed by atoms with Crippen molar-refractivity contribution in [3.05, 3.63) is 63.8 Å². The Morgan fingerprint density at radius 1 is 1.29 bits per heavy atom. The molecule has 1 aromatic heterocycles. The lowest BCUT2D eigenvalue weighted by Crippen LogP contribution is -2.52. The van der Waals surface area contributed by atoms with E-state index in [9.17, 15) is 18.8 Å². The summed E-state index contributed by atoms with van der Waals surface area (Å²) >= 11 is 12.3. The van der Waals surface area contributed by atoms with Crippen LogP contribution in [0.1, 0.15) is 42.7 Å². The van der Waals surface area contributed by atoms with Crippen molar-refractivity contribution in [1.82, 2.24) is 15.2 Å². The van der Waals surface area contributed by atoms with Gasteiger partial charge in [-0.2, -0.15) is 0 Å². The number of carbonyl (C=O) groups is 3. The molecule has 1 unspecified atom stereocenters. The van der Waals surface area contributed by atoms with Crippen LogP contribution in [0, 0.1) is 12.3 Å². The van der Waals surface area contributed by atoms with Crippen LogP contribution in [-0.2, 0) is 15.0 Å². The molecule has 0 radical (unpaired) electrons. The highest BCUT2D eigenvalue weighted by Gasteiger charge is 2.56. The van der Waals surface area contributed by atoms with Crippen LogP contribution in [0.4, 0.5) is 10.1 Å². The maximum atomic E-state index is 14.9. The van der Waals surface area contributed by atoms with E-state index in [0.717, 1.165) is 5.56 Å². The number of aromatic amines is 1. The van der Waals surface area contributed by atoms with Crippen LogP contribution in [0.2, 0.25) is 10.0 Å². The summed E-state index contributed by atoms with van der Waals surface area (Å²) in [5, 5.41) is 6.87. The molecule has 3 aromatic rings. The second-order valence-electron chi connectivity index (χ2n) is 10.4. The molecule has 10 heteroatoms. The number of alkyl halides is 1. The highest BCUT2D eigenvalue weighted by molar-refractivity contribution is 6.38. The molecule has 0 saturated carbocycles. The maximum absolute atomic E-state index is 14.9. The maximum Gasteiger partial charge on any atom is 0.268 e. The molecule has 1 fully saturated rings. The predicted octanol–water partition coefficient (Wildman–Crippen LogP) is 4.84. The molecule has 38 heavy (non-hydrogen) atoms. The highest BCUT2D eigenvalue weighted by Crippen LogP contribution is 2.46. The minimum absolute atomic E-state index is 0.0170. The Labute approximate surface area is 229 Å². The number of likely N-dealkylation sites (tertiary alicyclic amines) is 1. The summed E-state index contributed by atoms with van der Waals surface area (Å²) < 4.78 is 14.9. The summed E-state index contributed by atoms with van der Waals surface area (Å²) in [5.41, 5.74) is -0.688. The zero-order valence-corrected chi connectivity index (χ0v) is 22.2. The third-order valence-electron chi connectivity index (χ3n) is 7.15. The fraction of sp³-hybridized carbons (Fsp3) is 0.321. The zero-order chi connectivity index (χ0) is 27.4. The van der Waals surface area contributed by atoms with Gasteiger partial charge < -0.3 is 20.5 Å². The van der Waals surface area contributed by atoms with Crippen molar-refractivity contribution in [1.29, 1.82) is 0 Å². The van der Waals surface area contributed by atoms with Gasteiger partial charge in [0.1, 0.15) is 17.4 Å². The standard InChI is InChI=1S/C28H25Cl2FN4O3/c1-4-16-12-28(18-7-5-6-8-20(18)34-26(28)38)14-35(16)25(37)23(13-27(2,3)31)33-24(36)22-11-17-19(30)9-15(29)10-21(17)32-22/h1,5-11,16,23,32H,12-14H2,2-3H3,(H,33,36)(H,34,38)/t16?,23-,28-/m0/s1. The van der Waals surface area contributed by atoms with E-state index in [1.54, 1.807) is 24.3 Å². The number of anilines is 1. The number of H-pyrrole nitrogens is 1. The molecular weight excluding hydrogens is 530 g/mol. The highest BCUT2D eigenvalue weighted by atomic mass is 35.5. The molecule has 7 nitrogen and oxygen atoms in total. The molecule has 2 aliphatic heterocycles. The van der Waals surface area contributed by atoms with Gasteiger partial charge in [-0.1, -0.05) is 47.3 Å². The van der Waals surface area contributed by atoms with Crippen LogP contribution < -0.4 is 10.6 Å². The monoisotopic (exact) mass is 554 g/mol. The number of benzene rings is 2. The van der Waals surface area contributed by atoms with Gasteiger partial charge in [-0.3, -0.25) is 14.4 Å². The van der Waals surface area contributed by atoms with Crippen LogP contribution in [0.25, 0.3) is 10.9 Å². The van der Waals surface area contributed by atoms with Gasteiger partial charge in [0.25, 0.3) is 5.91 Å². The number of fused-ring (bicyclic) bond motifs is 3. The number of rotatable bonds is 5. The Kier molecular flexibility index (Phi) is 6.41. The Bertz CT molecular complexity index is 1520. The zero-order valence-electron chi connectivity index (χ0n) is 20.7. The minimum atomic E-state index is -1.79. The van der Waals surface area contributed by atoms with E-state index < -0.39 is 35.0 Å². The summed E-state index contributed by atoms with van der Waals surface area (Å²) in [6.45, 7) is 2.67. The van der Waals surface area contributed by atoms with E-state index in [-0.39, 0.29) is 31.0 Å². The normalized spacial score (nSPS) is 21.3. The molecular formula is C28H25Cl2FN4O3. The second-order valence-corrected chi connectivity index (χ2v) is 11.3. The number of nitrogens with zero attached hydrogens (tertiary/aromatic N) is 1. The summed E-state index contributed by atoms with van der Waals surface area (Å²) in [4.78, 5) is 44.5. The van der Waals surface area contributed by atoms with Crippen LogP contribution >= 0.6 is 23.2 Å². The molecule has 3 amide bonds. The van der Waals surface area contributed by atoms with Crippen LogP contribution in [0.15, 0.2) is 42.5 Å². The lowest BCUT2D eigenvalue weighted by Gasteiger charge is -2.30. The van der Waals surface area contributed by atoms with Crippen molar-refractivity contribution in [3.8, 4) is 12.3 Å². The first-order chi connectivity index (χ1) is 17.9. The lowest BCUT2D eigenvalue weighted by molar-refractivity contribution is -0.134. The molecule has 2 aliphatic rings. The van der Waals surface area contributed by atoms with Crippen molar-refractivity contribution in [3.63, 3.8) is 0 Å². The molecule has 5 rings (SSSR count). The van der Waals surface area contributed by atoms with Gasteiger partial charge in [-0.15, -0.1) is 6.42 Å². The van der Waals surface area contributed by atoms with E-state index in [4.69, 9.17) is 29.6 Å². The van der Waals surface area contributed by atoms with Gasteiger partial charge in [0.2, 0.25) is 11.8 Å². The summed E-state index contributed by atoms with van der Waals surface area (Å²) in [6.07, 6.45) is 5.73. The van der Waals surface area contributed by atoms with Crippen molar-refractivity contribution < 1.29 is 18.8 Å². The van der Waals surface area contributed by atoms with Gasteiger partial charge in [0.15, 0.2) is 0 Å². The summed E-state index contributed by atoms with van der Waals surface area (Å²) in [7, 11) is 0. The Balaban J connectivity index is 1.45. The van der Waals surface area contributed by atoms with E-state index in [0.29, 0.717) is 26.6 Å². The van der Waals surface area contributed by atoms with Gasteiger partial charge in [0.05, 0.1) is 16.5 Å². The summed E-state index contributed by atoms with van der Waals surface area (Å²) in [5.74, 6) is 1.20. The van der Waals surface area contributed by atoms with Crippen molar-refractivity contribution >= 4 is 57.5 Å². The third kappa shape index (κ3) is 4.50. The van der Waals surface area contributed by atoms with Crippen LogP contribution in [-0.4, -0.2) is 51.9 Å². The molecule has 0 bridgehead atoms. The Hall–Kier alpha value is -3.54. The number of aromatic nitrogens is 1. The topological polar surface area (TPSA) is 94.3 Å². The van der Waals surface area contributed by atoms with Gasteiger partial charge in [-0.25, -0.2) is 4.39 Å². The average Bonchev–Trinajstić information content (AvgIpc) is 3.52. The van der Waals surface area contributed by atoms with Crippen molar-refractivity contribution in [2.24, 2.45) is 0 Å². The second kappa shape index (κ2) is 9.33. The number of terminal acetylenes is 1. The minimum Gasteiger partial charge on any atom is -0.350 e. The fourth-order valence-corrected chi connectivity index (χ4v) is 5.97. The van der Waals surface area contributed by atoms with Crippen molar-refractivity contribution in [2.75, 3.05) is 11.9 Å². The molecule has 1 spiro atoms. The van der Waals surface area contributed by atoms with Crippen molar-refractivity contribution in [2.45, 2.75) is 49.9 Å². The molecule has 196 valence electrons. The predicted molar refractivity (Wildman–Crippen MR) is 145 cm³/mol. The lowest BCUT2D eigenvalue weighted by atomic mass is 9.79. The first-order valence-corrected chi connectivity index (χ1v) is 12.8. The summed E-state index contributed by atoms with van der Waals surface area (Å²) in [6, 6.07) is 10.0. The number of hydrogen-bond donors (Lipinski definition) is 3. The van der Waals surface area contributed by atoms with Crippen LogP contribution in [0.3, 0.4) is 0 Å². The van der Waals surface area contributed by atoms with Gasteiger partial charge >= 0.3 is 0 Å². The number of para-hydroxylation sites is 1. The van der Waals surface area contributed by atoms with E-state index in [1.807, 2.05) is 18.2 Å². The smallest absolute Gasteiger partial charge is 0.268 e. The molecule has 0 aliphatic carbocycles. The first-order valence-electron chi connectivity index (χ1n) is 12.1. The SMILES string of the molecule is C#CC1C[C@@]2(CN1C(=O)[C@H](CC(C)(C)F)NC(=O)c1cc3c(Cl)cc(Cl)cc3[nH]1)C(=O)Nc1ccccc12. The number of hydrogen-bond acceptors (Lipinski definition) is 3. The number of carbonyl (C=O) groups excluding carboxylic acids is 3. The third-order valence-corrected chi connectivity index (χ3v) is 7.68. The van der Waals surface area contributed by atoms with E-state index >= 15 is 0 Å². The molecule has 3 N–H and O–H groups in total. The number of nitrogens with one attached hydrogen (secondary N) is 3. The van der Waals surface area contributed by atoms with Crippen LogP contribution in [0.5, 0.6) is 0 Å². The van der Waals surface area contributed by atoms with Gasteiger partial charge in [-0.05, 0) is 50.1 Å². The molecule has 3 heterocycles. The molecule has 3 atom stereocenters. The average molecular weight is 555 g/mol. The Morgan fingerprint density at radius 2 is 2.03 bits per heavy atom. The first kappa shape index (κ1) is 26.1.